The summed E-state index contributed by atoms with van der Waals surface area (Å²) in [6.07, 6.45) is 30.7. The van der Waals surface area contributed by atoms with Gasteiger partial charge in [0.25, 0.3) is 0 Å². The first-order chi connectivity index (χ1) is 21.2. The minimum atomic E-state index is -0.164. The lowest BCUT2D eigenvalue weighted by Gasteiger charge is -2.32. The maximum Gasteiger partial charge on any atom is 0.205 e. The van der Waals surface area contributed by atoms with E-state index in [1.54, 1.807) is 0 Å². The van der Waals surface area contributed by atoms with E-state index in [2.05, 4.69) is 128 Å². The van der Waals surface area contributed by atoms with Gasteiger partial charge < -0.3 is 5.11 Å². The van der Waals surface area contributed by atoms with Crippen molar-refractivity contribution in [3.63, 3.8) is 0 Å². The Morgan fingerprint density at radius 2 is 1.49 bits per heavy atom. The predicted molar refractivity (Wildman–Crippen MR) is 190 cm³/mol. The van der Waals surface area contributed by atoms with Crippen LogP contribution in [0.3, 0.4) is 0 Å². The second kappa shape index (κ2) is 16.1. The van der Waals surface area contributed by atoms with E-state index in [9.17, 15) is 9.90 Å². The van der Waals surface area contributed by atoms with Crippen molar-refractivity contribution in [1.82, 2.24) is 0 Å². The second-order valence-electron chi connectivity index (χ2n) is 14.2. The molecular weight excluding hydrogens is 550 g/mol. The Labute approximate surface area is 273 Å². The number of rotatable bonds is 11. The van der Waals surface area contributed by atoms with Crippen LogP contribution in [0.15, 0.2) is 112 Å². The van der Waals surface area contributed by atoms with Gasteiger partial charge in [0.2, 0.25) is 5.69 Å². The fourth-order valence-corrected chi connectivity index (χ4v) is 6.35. The summed E-state index contributed by atoms with van der Waals surface area (Å²) < 4.78 is 2.01. The third kappa shape index (κ3) is 10.5. The van der Waals surface area contributed by atoms with Crippen LogP contribution in [-0.2, 0) is 11.3 Å². The van der Waals surface area contributed by atoms with Gasteiger partial charge in [-0.3, -0.25) is 4.79 Å². The van der Waals surface area contributed by atoms with Gasteiger partial charge in [-0.25, -0.2) is 4.57 Å². The van der Waals surface area contributed by atoms with Crippen LogP contribution in [0.1, 0.15) is 106 Å². The van der Waals surface area contributed by atoms with Gasteiger partial charge in [-0.2, -0.15) is 0 Å². The topological polar surface area (TPSA) is 44.0 Å². The molecule has 0 spiro atoms. The van der Waals surface area contributed by atoms with Crippen LogP contribution < -0.4 is 9.67 Å². The van der Waals surface area contributed by atoms with Gasteiger partial charge in [-0.05, 0) is 99.0 Å². The smallest absolute Gasteiger partial charge is 0.205 e. The van der Waals surface area contributed by atoms with Crippen LogP contribution in [0.2, 0.25) is 0 Å². The molecule has 0 saturated carbocycles. The van der Waals surface area contributed by atoms with Crippen LogP contribution in [0.25, 0.3) is 12.2 Å². The molecule has 3 heteroatoms. The molecule has 0 bridgehead atoms. The van der Waals surface area contributed by atoms with E-state index in [1.807, 2.05) is 23.8 Å². The summed E-state index contributed by atoms with van der Waals surface area (Å²) in [5.41, 5.74) is 10.8. The van der Waals surface area contributed by atoms with Gasteiger partial charge in [0.15, 0.2) is 12.0 Å². The molecule has 0 aromatic carbocycles. The molecule has 0 saturated heterocycles. The van der Waals surface area contributed by atoms with E-state index in [-0.39, 0.29) is 23.2 Å². The molecule has 0 N–H and O–H groups in total. The third-order valence-corrected chi connectivity index (χ3v) is 9.26. The number of hydrogen-bond donors (Lipinski definition) is 0. The number of ketones is 1. The van der Waals surface area contributed by atoms with Crippen LogP contribution in [0, 0.1) is 10.8 Å². The molecule has 0 aliphatic heterocycles. The molecule has 3 rings (SSSR count). The van der Waals surface area contributed by atoms with Crippen molar-refractivity contribution in [3.8, 4) is 0 Å². The van der Waals surface area contributed by atoms with Gasteiger partial charge in [0.05, 0.1) is 0 Å². The standard InChI is InChI=1S/C42H55NO2/c1-31(18-20-38-34(4)16-12-24-41(38,6)7)13-10-15-33(3)29-37-30-36(23-26-43(37)27-28-44)17-11-14-32(2)19-21-39-35(5)40(45)22-25-42(39,8)9/h10-11,13-15,17-21,23,26,29-30H,12,16,22,24-25,27-28H2,1-9H3/b15-10+,17-11+,20-18+,21-19+,31-13+,32-14+,33-29+. The number of pyridine rings is 1. The van der Waals surface area contributed by atoms with Gasteiger partial charge in [0.1, 0.15) is 6.54 Å². The zero-order valence-electron chi connectivity index (χ0n) is 29.3. The lowest BCUT2D eigenvalue weighted by Crippen LogP contribution is -2.41. The van der Waals surface area contributed by atoms with Crippen molar-refractivity contribution in [3.05, 3.63) is 123 Å². The number of hydrogen-bond acceptors (Lipinski definition) is 2. The molecule has 0 fully saturated rings. The van der Waals surface area contributed by atoms with E-state index in [0.29, 0.717) is 13.0 Å². The van der Waals surface area contributed by atoms with Crippen molar-refractivity contribution in [2.45, 2.75) is 101 Å². The maximum atomic E-state index is 12.3. The highest BCUT2D eigenvalue weighted by Gasteiger charge is 2.30. The summed E-state index contributed by atoms with van der Waals surface area (Å²) in [7, 11) is 0. The summed E-state index contributed by atoms with van der Waals surface area (Å²) in [6.45, 7) is 19.9. The summed E-state index contributed by atoms with van der Waals surface area (Å²) in [5.74, 6) is 0.260. The number of carbonyl (C=O) groups is 1. The van der Waals surface area contributed by atoms with Gasteiger partial charge in [-0.1, -0.05) is 112 Å². The highest BCUT2D eigenvalue weighted by atomic mass is 16.3. The molecule has 2 aliphatic rings. The molecule has 2 aliphatic carbocycles. The fourth-order valence-electron chi connectivity index (χ4n) is 6.35. The molecule has 0 unspecified atom stereocenters. The summed E-state index contributed by atoms with van der Waals surface area (Å²) in [5, 5.41) is 11.5. The zero-order chi connectivity index (χ0) is 33.2. The molecule has 0 radical (unpaired) electrons. The lowest BCUT2D eigenvalue weighted by molar-refractivity contribution is -0.713. The lowest BCUT2D eigenvalue weighted by atomic mass is 9.72. The molecule has 3 nitrogen and oxygen atoms in total. The number of aromatic nitrogens is 1. The zero-order valence-corrected chi connectivity index (χ0v) is 29.3. The Morgan fingerprint density at radius 1 is 0.844 bits per heavy atom. The number of allylic oxidation sites excluding steroid dienone is 16. The monoisotopic (exact) mass is 605 g/mol. The normalized spacial score (nSPS) is 20.2. The number of nitrogens with zero attached hydrogens (tertiary/aromatic N) is 1. The van der Waals surface area contributed by atoms with E-state index >= 15 is 0 Å². The van der Waals surface area contributed by atoms with E-state index in [1.165, 1.54) is 36.0 Å². The largest absolute Gasteiger partial charge is 0.850 e. The minimum absolute atomic E-state index is 0.0146. The molecule has 45 heavy (non-hydrogen) atoms. The van der Waals surface area contributed by atoms with Gasteiger partial charge in [0, 0.05) is 24.6 Å². The van der Waals surface area contributed by atoms with Crippen LogP contribution in [0.5, 0.6) is 0 Å². The molecule has 1 aromatic rings. The summed E-state index contributed by atoms with van der Waals surface area (Å²) in [4.78, 5) is 12.3. The highest BCUT2D eigenvalue weighted by Crippen LogP contribution is 2.41. The van der Waals surface area contributed by atoms with Crippen molar-refractivity contribution in [2.75, 3.05) is 6.61 Å². The summed E-state index contributed by atoms with van der Waals surface area (Å²) >= 11 is 0. The molecule has 0 amide bonds. The Morgan fingerprint density at radius 3 is 2.16 bits per heavy atom. The van der Waals surface area contributed by atoms with Crippen LogP contribution in [-0.4, -0.2) is 12.4 Å². The van der Waals surface area contributed by atoms with Crippen LogP contribution in [0.4, 0.5) is 0 Å². The van der Waals surface area contributed by atoms with E-state index in [0.717, 1.165) is 40.0 Å². The highest BCUT2D eigenvalue weighted by molar-refractivity contribution is 5.97. The third-order valence-electron chi connectivity index (χ3n) is 9.26. The van der Waals surface area contributed by atoms with E-state index in [4.69, 9.17) is 0 Å². The van der Waals surface area contributed by atoms with Gasteiger partial charge in [-0.15, -0.1) is 0 Å². The SMILES string of the molecule is CC1=C(/C=C/C(C)=C/C=C/C(C)=C/c2cc(/C=C/C=C(C)/C=C/C3=C(C)C(=O)CCC3(C)C)cc[n+]2CC[O-])C(C)(C)CCC1. The van der Waals surface area contributed by atoms with Crippen molar-refractivity contribution in [2.24, 2.45) is 10.8 Å². The predicted octanol–water partition coefficient (Wildman–Crippen LogP) is 9.54. The first kappa shape index (κ1) is 35.9. The van der Waals surface area contributed by atoms with Crippen LogP contribution >= 0.6 is 0 Å². The average molecular weight is 606 g/mol. The summed E-state index contributed by atoms with van der Waals surface area (Å²) in [6, 6.07) is 4.17. The Hall–Kier alpha value is -3.56. The second-order valence-corrected chi connectivity index (χ2v) is 14.2. The Kier molecular flexibility index (Phi) is 12.9. The maximum absolute atomic E-state index is 12.3. The first-order valence-electron chi connectivity index (χ1n) is 16.5. The molecule has 0 atom stereocenters. The van der Waals surface area contributed by atoms with Crippen molar-refractivity contribution in [1.29, 1.82) is 0 Å². The number of carbonyl (C=O) groups excluding carboxylic acids is 1. The minimum Gasteiger partial charge on any atom is -0.850 e. The average Bonchev–Trinajstić information content (AvgIpc) is 2.96. The van der Waals surface area contributed by atoms with E-state index < -0.39 is 0 Å². The van der Waals surface area contributed by atoms with Crippen molar-refractivity contribution >= 4 is 17.9 Å². The Balaban J connectivity index is 1.73. The quantitative estimate of drug-likeness (QED) is 0.186. The molecular formula is C42H55NO2. The Bertz CT molecular complexity index is 1530. The molecule has 1 heterocycles. The molecule has 240 valence electrons. The number of Topliss-reactive ketones (excluding diaryl/α,β-unsaturated/α-hetero) is 1. The molecule has 1 aromatic heterocycles. The van der Waals surface area contributed by atoms with Gasteiger partial charge >= 0.3 is 0 Å². The van der Waals surface area contributed by atoms with Crippen molar-refractivity contribution < 1.29 is 14.5 Å². The fraction of sp³-hybridized carbons (Fsp3) is 0.429. The first-order valence-corrected chi connectivity index (χ1v) is 16.5.